The maximum atomic E-state index is 12.9. The zero-order valence-corrected chi connectivity index (χ0v) is 11.5. The van der Waals surface area contributed by atoms with E-state index in [-0.39, 0.29) is 5.82 Å². The van der Waals surface area contributed by atoms with Crippen LogP contribution in [-0.2, 0) is 6.54 Å². The Morgan fingerprint density at radius 3 is 2.47 bits per heavy atom. The molecule has 0 amide bonds. The Bertz CT molecular complexity index is 398. The zero-order chi connectivity index (χ0) is 13.1. The van der Waals surface area contributed by atoms with E-state index in [1.807, 2.05) is 12.1 Å². The highest BCUT2D eigenvalue weighted by molar-refractivity contribution is 5.16. The molecule has 0 N–H and O–H groups in total. The summed E-state index contributed by atoms with van der Waals surface area (Å²) >= 11 is 0. The lowest BCUT2D eigenvalue weighted by atomic mass is 10.1. The van der Waals surface area contributed by atoms with E-state index < -0.39 is 0 Å². The van der Waals surface area contributed by atoms with Crippen molar-refractivity contribution >= 4 is 0 Å². The fraction of sp³-hybridized carbons (Fsp3) is 0.625. The van der Waals surface area contributed by atoms with Crippen molar-refractivity contribution in [3.63, 3.8) is 0 Å². The summed E-state index contributed by atoms with van der Waals surface area (Å²) in [4.78, 5) is 5.18. The first-order chi connectivity index (χ1) is 9.31. The molecule has 2 aliphatic heterocycles. The molecule has 0 bridgehead atoms. The summed E-state index contributed by atoms with van der Waals surface area (Å²) < 4.78 is 12.9. The molecule has 1 unspecified atom stereocenters. The molecule has 3 heteroatoms. The summed E-state index contributed by atoms with van der Waals surface area (Å²) in [5.41, 5.74) is 1.23. The van der Waals surface area contributed by atoms with Gasteiger partial charge in [0.1, 0.15) is 5.82 Å². The Morgan fingerprint density at radius 2 is 1.74 bits per heavy atom. The summed E-state index contributed by atoms with van der Waals surface area (Å²) in [6, 6.07) is 7.67. The van der Waals surface area contributed by atoms with Crippen LogP contribution in [0.25, 0.3) is 0 Å². The SMILES string of the molecule is Fc1ccc(CN2CCCC2CN2CCCC2)cc1. The zero-order valence-electron chi connectivity index (χ0n) is 11.5. The van der Waals surface area contributed by atoms with Gasteiger partial charge >= 0.3 is 0 Å². The van der Waals surface area contributed by atoms with Crippen LogP contribution in [0.15, 0.2) is 24.3 Å². The van der Waals surface area contributed by atoms with Gasteiger partial charge in [0, 0.05) is 19.1 Å². The van der Waals surface area contributed by atoms with E-state index in [0.29, 0.717) is 6.04 Å². The minimum Gasteiger partial charge on any atom is -0.302 e. The molecule has 2 saturated heterocycles. The van der Waals surface area contributed by atoms with Crippen LogP contribution in [-0.4, -0.2) is 42.0 Å². The molecule has 3 rings (SSSR count). The molecule has 2 fully saturated rings. The molecule has 19 heavy (non-hydrogen) atoms. The summed E-state index contributed by atoms with van der Waals surface area (Å²) in [6.45, 7) is 5.94. The molecular weight excluding hydrogens is 239 g/mol. The van der Waals surface area contributed by atoms with Gasteiger partial charge in [0.25, 0.3) is 0 Å². The van der Waals surface area contributed by atoms with Crippen LogP contribution >= 0.6 is 0 Å². The van der Waals surface area contributed by atoms with Gasteiger partial charge in [-0.05, 0) is 63.0 Å². The molecule has 2 nitrogen and oxygen atoms in total. The van der Waals surface area contributed by atoms with E-state index in [0.717, 1.165) is 6.54 Å². The molecule has 0 radical (unpaired) electrons. The minimum atomic E-state index is -0.140. The Morgan fingerprint density at radius 1 is 1.00 bits per heavy atom. The fourth-order valence-corrected chi connectivity index (χ4v) is 3.40. The third-order valence-electron chi connectivity index (χ3n) is 4.47. The van der Waals surface area contributed by atoms with Crippen molar-refractivity contribution in [1.29, 1.82) is 0 Å². The largest absolute Gasteiger partial charge is 0.302 e. The smallest absolute Gasteiger partial charge is 0.123 e. The Balaban J connectivity index is 1.57. The van der Waals surface area contributed by atoms with Gasteiger partial charge in [0.15, 0.2) is 0 Å². The molecule has 0 spiro atoms. The van der Waals surface area contributed by atoms with E-state index in [9.17, 15) is 4.39 Å². The second-order valence-electron chi connectivity index (χ2n) is 5.90. The lowest BCUT2D eigenvalue weighted by Gasteiger charge is -2.28. The topological polar surface area (TPSA) is 6.48 Å². The first-order valence-corrected chi connectivity index (χ1v) is 7.52. The number of hydrogen-bond acceptors (Lipinski definition) is 2. The van der Waals surface area contributed by atoms with Crippen molar-refractivity contribution in [2.24, 2.45) is 0 Å². The molecule has 2 heterocycles. The second kappa shape index (κ2) is 6.02. The van der Waals surface area contributed by atoms with Crippen LogP contribution in [0.5, 0.6) is 0 Å². The van der Waals surface area contributed by atoms with Crippen molar-refractivity contribution in [2.45, 2.75) is 38.3 Å². The summed E-state index contributed by atoms with van der Waals surface area (Å²) in [5, 5.41) is 0. The number of likely N-dealkylation sites (tertiary alicyclic amines) is 2. The van der Waals surface area contributed by atoms with Crippen molar-refractivity contribution in [3.05, 3.63) is 35.6 Å². The fourth-order valence-electron chi connectivity index (χ4n) is 3.40. The average Bonchev–Trinajstić information content (AvgIpc) is 3.06. The Hall–Kier alpha value is -0.930. The third kappa shape index (κ3) is 3.34. The molecule has 1 atom stereocenters. The van der Waals surface area contributed by atoms with E-state index in [1.165, 1.54) is 57.4 Å². The molecule has 2 aliphatic rings. The van der Waals surface area contributed by atoms with E-state index >= 15 is 0 Å². The van der Waals surface area contributed by atoms with E-state index in [4.69, 9.17) is 0 Å². The molecular formula is C16H23FN2. The number of benzene rings is 1. The molecule has 0 saturated carbocycles. The number of halogens is 1. The molecule has 104 valence electrons. The van der Waals surface area contributed by atoms with E-state index in [1.54, 1.807) is 12.1 Å². The predicted octanol–water partition coefficient (Wildman–Crippen LogP) is 2.89. The van der Waals surface area contributed by atoms with Crippen LogP contribution in [0, 0.1) is 5.82 Å². The Labute approximate surface area is 115 Å². The standard InChI is InChI=1S/C16H23FN2/c17-15-7-5-14(6-8-15)12-19-11-3-4-16(19)13-18-9-1-2-10-18/h5-8,16H,1-4,9-13H2. The van der Waals surface area contributed by atoms with Crippen molar-refractivity contribution in [2.75, 3.05) is 26.2 Å². The van der Waals surface area contributed by atoms with Gasteiger partial charge in [-0.25, -0.2) is 4.39 Å². The maximum absolute atomic E-state index is 12.9. The quantitative estimate of drug-likeness (QED) is 0.823. The van der Waals surface area contributed by atoms with Gasteiger partial charge in [-0.15, -0.1) is 0 Å². The summed E-state index contributed by atoms with van der Waals surface area (Å²) in [7, 11) is 0. The van der Waals surface area contributed by atoms with Crippen LogP contribution in [0.2, 0.25) is 0 Å². The van der Waals surface area contributed by atoms with Gasteiger partial charge in [0.2, 0.25) is 0 Å². The van der Waals surface area contributed by atoms with Crippen LogP contribution in [0.3, 0.4) is 0 Å². The summed E-state index contributed by atoms with van der Waals surface area (Å²) in [6.07, 6.45) is 5.35. The third-order valence-corrected chi connectivity index (χ3v) is 4.47. The molecule has 0 aliphatic carbocycles. The van der Waals surface area contributed by atoms with Crippen molar-refractivity contribution in [3.8, 4) is 0 Å². The molecule has 0 aromatic heterocycles. The van der Waals surface area contributed by atoms with Gasteiger partial charge in [-0.1, -0.05) is 12.1 Å². The highest BCUT2D eigenvalue weighted by Crippen LogP contribution is 2.22. The maximum Gasteiger partial charge on any atom is 0.123 e. The summed E-state index contributed by atoms with van der Waals surface area (Å²) in [5.74, 6) is -0.140. The lowest BCUT2D eigenvalue weighted by Crippen LogP contribution is -2.38. The van der Waals surface area contributed by atoms with Crippen LogP contribution < -0.4 is 0 Å². The van der Waals surface area contributed by atoms with Crippen molar-refractivity contribution < 1.29 is 4.39 Å². The number of rotatable bonds is 4. The number of hydrogen-bond donors (Lipinski definition) is 0. The monoisotopic (exact) mass is 262 g/mol. The van der Waals surface area contributed by atoms with Gasteiger partial charge in [0.05, 0.1) is 0 Å². The first kappa shape index (κ1) is 13.1. The highest BCUT2D eigenvalue weighted by atomic mass is 19.1. The second-order valence-corrected chi connectivity index (χ2v) is 5.90. The van der Waals surface area contributed by atoms with Crippen molar-refractivity contribution in [1.82, 2.24) is 9.80 Å². The van der Waals surface area contributed by atoms with Gasteiger partial charge in [-0.2, -0.15) is 0 Å². The minimum absolute atomic E-state index is 0.140. The van der Waals surface area contributed by atoms with Gasteiger partial charge in [-0.3, -0.25) is 4.90 Å². The molecule has 1 aromatic carbocycles. The normalized spacial score (nSPS) is 25.2. The van der Waals surface area contributed by atoms with Gasteiger partial charge < -0.3 is 4.90 Å². The predicted molar refractivity (Wildman–Crippen MR) is 75.5 cm³/mol. The van der Waals surface area contributed by atoms with Crippen LogP contribution in [0.1, 0.15) is 31.2 Å². The molecule has 1 aromatic rings. The average molecular weight is 262 g/mol. The first-order valence-electron chi connectivity index (χ1n) is 7.52. The van der Waals surface area contributed by atoms with E-state index in [2.05, 4.69) is 9.80 Å². The Kier molecular flexibility index (Phi) is 4.14. The van der Waals surface area contributed by atoms with Crippen LogP contribution in [0.4, 0.5) is 4.39 Å². The highest BCUT2D eigenvalue weighted by Gasteiger charge is 2.27. The number of nitrogens with zero attached hydrogens (tertiary/aromatic N) is 2. The lowest BCUT2D eigenvalue weighted by molar-refractivity contribution is 0.185.